The quantitative estimate of drug-likeness (QED) is 0.709. The molecule has 0 aliphatic carbocycles. The molecule has 0 amide bonds. The molecule has 0 spiro atoms. The van der Waals surface area contributed by atoms with Crippen molar-refractivity contribution >= 4 is 10.8 Å². The number of nitrogens with zero attached hydrogens (tertiary/aromatic N) is 1. The third-order valence-electron chi connectivity index (χ3n) is 3.34. The number of aromatic hydroxyl groups is 2. The number of hydrogen-bond acceptors (Lipinski definition) is 3. The van der Waals surface area contributed by atoms with E-state index in [1.165, 1.54) is 24.3 Å². The van der Waals surface area contributed by atoms with Gasteiger partial charge >= 0.3 is 0 Å². The summed E-state index contributed by atoms with van der Waals surface area (Å²) in [4.78, 5) is 0. The summed E-state index contributed by atoms with van der Waals surface area (Å²) in [6.07, 6.45) is 0. The normalized spacial score (nSPS) is 10.5. The van der Waals surface area contributed by atoms with E-state index in [-0.39, 0.29) is 5.75 Å². The summed E-state index contributed by atoms with van der Waals surface area (Å²) in [6.45, 7) is 0. The molecular formula is C17H10FNO2. The van der Waals surface area contributed by atoms with E-state index in [0.717, 1.165) is 5.39 Å². The molecule has 3 nitrogen and oxygen atoms in total. The summed E-state index contributed by atoms with van der Waals surface area (Å²) < 4.78 is 13.5. The third-order valence-corrected chi connectivity index (χ3v) is 3.34. The van der Waals surface area contributed by atoms with Crippen LogP contribution in [0, 0.1) is 17.1 Å². The maximum Gasteiger partial charge on any atom is 0.165 e. The van der Waals surface area contributed by atoms with Crippen LogP contribution in [0.2, 0.25) is 0 Å². The number of rotatable bonds is 1. The van der Waals surface area contributed by atoms with E-state index in [9.17, 15) is 19.9 Å². The average molecular weight is 279 g/mol. The molecule has 0 aliphatic heterocycles. The Balaban J connectivity index is 2.27. The highest BCUT2D eigenvalue weighted by molar-refractivity contribution is 5.93. The smallest absolute Gasteiger partial charge is 0.165 e. The van der Waals surface area contributed by atoms with Crippen LogP contribution in [0.3, 0.4) is 0 Å². The first kappa shape index (κ1) is 12.9. The Hall–Kier alpha value is -3.06. The average Bonchev–Trinajstić information content (AvgIpc) is 2.49. The molecule has 0 bridgehead atoms. The van der Waals surface area contributed by atoms with E-state index < -0.39 is 11.6 Å². The number of fused-ring (bicyclic) bond motifs is 1. The molecule has 102 valence electrons. The van der Waals surface area contributed by atoms with Crippen LogP contribution in [0.15, 0.2) is 48.5 Å². The van der Waals surface area contributed by atoms with Gasteiger partial charge in [-0.3, -0.25) is 0 Å². The molecule has 0 saturated heterocycles. The van der Waals surface area contributed by atoms with E-state index in [0.29, 0.717) is 22.1 Å². The summed E-state index contributed by atoms with van der Waals surface area (Å²) in [7, 11) is 0. The summed E-state index contributed by atoms with van der Waals surface area (Å²) in [6, 6.07) is 14.4. The van der Waals surface area contributed by atoms with E-state index in [1.807, 2.05) is 0 Å². The fourth-order valence-electron chi connectivity index (χ4n) is 2.29. The highest BCUT2D eigenvalue weighted by Crippen LogP contribution is 2.31. The van der Waals surface area contributed by atoms with Crippen molar-refractivity contribution in [1.29, 1.82) is 5.26 Å². The molecule has 0 radical (unpaired) electrons. The zero-order valence-corrected chi connectivity index (χ0v) is 10.8. The Morgan fingerprint density at radius 3 is 2.43 bits per heavy atom. The third kappa shape index (κ3) is 2.26. The Kier molecular flexibility index (Phi) is 2.96. The fraction of sp³-hybridized carbons (Fsp3) is 0. The summed E-state index contributed by atoms with van der Waals surface area (Å²) >= 11 is 0. The van der Waals surface area contributed by atoms with Crippen molar-refractivity contribution in [2.24, 2.45) is 0 Å². The second kappa shape index (κ2) is 4.80. The van der Waals surface area contributed by atoms with Crippen molar-refractivity contribution in [1.82, 2.24) is 0 Å². The SMILES string of the molecule is N#Cc1cc(-c2ccc(O)c(F)c2)cc2ccc(O)cc12. The van der Waals surface area contributed by atoms with Gasteiger partial charge in [0.1, 0.15) is 5.75 Å². The second-order valence-electron chi connectivity index (χ2n) is 4.71. The lowest BCUT2D eigenvalue weighted by molar-refractivity contribution is 0.432. The van der Waals surface area contributed by atoms with Gasteiger partial charge in [-0.15, -0.1) is 0 Å². The Bertz CT molecular complexity index is 897. The monoisotopic (exact) mass is 279 g/mol. The van der Waals surface area contributed by atoms with Crippen LogP contribution in [0.4, 0.5) is 4.39 Å². The van der Waals surface area contributed by atoms with Gasteiger partial charge in [-0.2, -0.15) is 5.26 Å². The lowest BCUT2D eigenvalue weighted by atomic mass is 9.97. The molecule has 0 fully saturated rings. The summed E-state index contributed by atoms with van der Waals surface area (Å²) in [5.41, 5.74) is 1.63. The van der Waals surface area contributed by atoms with Crippen LogP contribution >= 0.6 is 0 Å². The van der Waals surface area contributed by atoms with Crippen molar-refractivity contribution in [3.8, 4) is 28.7 Å². The van der Waals surface area contributed by atoms with E-state index in [4.69, 9.17) is 0 Å². The minimum Gasteiger partial charge on any atom is -0.508 e. The molecule has 3 rings (SSSR count). The largest absolute Gasteiger partial charge is 0.508 e. The van der Waals surface area contributed by atoms with Crippen molar-refractivity contribution in [3.05, 3.63) is 59.9 Å². The molecule has 0 heterocycles. The lowest BCUT2D eigenvalue weighted by Crippen LogP contribution is -1.86. The van der Waals surface area contributed by atoms with Gasteiger partial charge in [0.25, 0.3) is 0 Å². The Morgan fingerprint density at radius 2 is 1.71 bits per heavy atom. The number of halogens is 1. The molecule has 3 aromatic rings. The van der Waals surface area contributed by atoms with Gasteiger partial charge < -0.3 is 10.2 Å². The summed E-state index contributed by atoms with van der Waals surface area (Å²) in [5, 5.41) is 29.4. The predicted octanol–water partition coefficient (Wildman–Crippen LogP) is 3.93. The van der Waals surface area contributed by atoms with Crippen LogP contribution in [0.1, 0.15) is 5.56 Å². The zero-order valence-electron chi connectivity index (χ0n) is 10.8. The van der Waals surface area contributed by atoms with Crippen LogP contribution in [0.5, 0.6) is 11.5 Å². The molecule has 3 aromatic carbocycles. The van der Waals surface area contributed by atoms with Crippen molar-refractivity contribution in [2.45, 2.75) is 0 Å². The summed E-state index contributed by atoms with van der Waals surface area (Å²) in [5.74, 6) is -1.04. The Morgan fingerprint density at radius 1 is 0.905 bits per heavy atom. The predicted molar refractivity (Wildman–Crippen MR) is 77.4 cm³/mol. The first-order valence-corrected chi connectivity index (χ1v) is 6.24. The first-order chi connectivity index (χ1) is 10.1. The molecule has 2 N–H and O–H groups in total. The van der Waals surface area contributed by atoms with Gasteiger partial charge in [-0.1, -0.05) is 12.1 Å². The second-order valence-corrected chi connectivity index (χ2v) is 4.71. The fourth-order valence-corrected chi connectivity index (χ4v) is 2.29. The van der Waals surface area contributed by atoms with Gasteiger partial charge in [0.2, 0.25) is 0 Å². The first-order valence-electron chi connectivity index (χ1n) is 6.24. The van der Waals surface area contributed by atoms with Gasteiger partial charge in [-0.25, -0.2) is 4.39 Å². The molecule has 0 saturated carbocycles. The topological polar surface area (TPSA) is 64.2 Å². The van der Waals surface area contributed by atoms with Crippen molar-refractivity contribution < 1.29 is 14.6 Å². The van der Waals surface area contributed by atoms with E-state index in [2.05, 4.69) is 6.07 Å². The highest BCUT2D eigenvalue weighted by atomic mass is 19.1. The number of hydrogen-bond donors (Lipinski definition) is 2. The molecule has 4 heteroatoms. The molecule has 0 atom stereocenters. The standard InChI is InChI=1S/C17H10FNO2/c18-16-7-10(2-4-17(16)21)12-5-11-1-3-14(20)8-15(11)13(6-12)9-19/h1-8,20-21H. The van der Waals surface area contributed by atoms with Crippen molar-refractivity contribution in [2.75, 3.05) is 0 Å². The van der Waals surface area contributed by atoms with Gasteiger partial charge in [0.15, 0.2) is 11.6 Å². The minimum absolute atomic E-state index is 0.0856. The molecule has 0 aliphatic rings. The lowest BCUT2D eigenvalue weighted by Gasteiger charge is -2.07. The van der Waals surface area contributed by atoms with E-state index >= 15 is 0 Å². The molecule has 21 heavy (non-hydrogen) atoms. The van der Waals surface area contributed by atoms with Crippen LogP contribution in [0.25, 0.3) is 21.9 Å². The van der Waals surface area contributed by atoms with E-state index in [1.54, 1.807) is 24.3 Å². The van der Waals surface area contributed by atoms with Crippen molar-refractivity contribution in [3.63, 3.8) is 0 Å². The van der Waals surface area contributed by atoms with Crippen LogP contribution < -0.4 is 0 Å². The molecule has 0 unspecified atom stereocenters. The Labute approximate surface area is 120 Å². The maximum atomic E-state index is 13.5. The minimum atomic E-state index is -0.711. The molecular weight excluding hydrogens is 269 g/mol. The van der Waals surface area contributed by atoms with Gasteiger partial charge in [-0.05, 0) is 52.9 Å². The molecule has 0 aromatic heterocycles. The van der Waals surface area contributed by atoms with Crippen LogP contribution in [-0.4, -0.2) is 10.2 Å². The van der Waals surface area contributed by atoms with Gasteiger partial charge in [0, 0.05) is 5.39 Å². The number of nitriles is 1. The number of phenolic OH excluding ortho intramolecular Hbond substituents is 2. The van der Waals surface area contributed by atoms with Crippen LogP contribution in [-0.2, 0) is 0 Å². The number of benzene rings is 3. The highest BCUT2D eigenvalue weighted by Gasteiger charge is 2.09. The maximum absolute atomic E-state index is 13.5. The van der Waals surface area contributed by atoms with Gasteiger partial charge in [0.05, 0.1) is 11.6 Å². The zero-order chi connectivity index (χ0) is 15.0. The number of phenols is 2.